The van der Waals surface area contributed by atoms with Crippen LogP contribution in [0.3, 0.4) is 0 Å². The summed E-state index contributed by atoms with van der Waals surface area (Å²) in [4.78, 5) is 37.9. The van der Waals surface area contributed by atoms with Crippen molar-refractivity contribution in [1.82, 2.24) is 5.32 Å². The third-order valence-corrected chi connectivity index (χ3v) is 4.86. The fourth-order valence-corrected chi connectivity index (χ4v) is 3.35. The predicted molar refractivity (Wildman–Crippen MR) is 107 cm³/mol. The Morgan fingerprint density at radius 3 is 2.17 bits per heavy atom. The minimum Gasteiger partial charge on any atom is -0.497 e. The number of imide groups is 1. The van der Waals surface area contributed by atoms with Crippen LogP contribution in [0.2, 0.25) is 0 Å². The molecule has 2 aromatic carbocycles. The van der Waals surface area contributed by atoms with Gasteiger partial charge in [0, 0.05) is 6.07 Å². The quantitative estimate of drug-likeness (QED) is 0.524. The van der Waals surface area contributed by atoms with Crippen molar-refractivity contribution >= 4 is 23.4 Å². The van der Waals surface area contributed by atoms with E-state index in [0.29, 0.717) is 34.2 Å². The first-order valence-electron chi connectivity index (χ1n) is 9.03. The topological polar surface area (TPSA) is 112 Å². The van der Waals surface area contributed by atoms with E-state index in [-0.39, 0.29) is 0 Å². The molecule has 2 N–H and O–H groups in total. The van der Waals surface area contributed by atoms with Crippen LogP contribution in [0.25, 0.3) is 0 Å². The molecule has 0 bridgehead atoms. The molecule has 30 heavy (non-hydrogen) atoms. The Morgan fingerprint density at radius 1 is 0.833 bits per heavy atom. The first kappa shape index (κ1) is 21.0. The van der Waals surface area contributed by atoms with Crippen molar-refractivity contribution in [3.63, 3.8) is 0 Å². The molecule has 0 aromatic heterocycles. The first-order valence-corrected chi connectivity index (χ1v) is 9.03. The molecule has 3 amide bonds. The van der Waals surface area contributed by atoms with E-state index < -0.39 is 29.6 Å². The summed E-state index contributed by atoms with van der Waals surface area (Å²) in [6.45, 7) is 0. The average Bonchev–Trinajstić information content (AvgIpc) is 3.06. The molecule has 0 aliphatic carbocycles. The van der Waals surface area contributed by atoms with Crippen LogP contribution in [0.5, 0.6) is 23.0 Å². The third-order valence-electron chi connectivity index (χ3n) is 4.86. The summed E-state index contributed by atoms with van der Waals surface area (Å²) in [5.41, 5.74) is 0.805. The molecule has 0 saturated carbocycles. The van der Waals surface area contributed by atoms with E-state index in [1.165, 1.54) is 28.4 Å². The maximum absolute atomic E-state index is 13.0. The van der Waals surface area contributed by atoms with Crippen LogP contribution in [0, 0.1) is 5.92 Å². The van der Waals surface area contributed by atoms with Gasteiger partial charge in [0.25, 0.3) is 0 Å². The lowest BCUT2D eigenvalue weighted by Crippen LogP contribution is -2.32. The van der Waals surface area contributed by atoms with Gasteiger partial charge in [-0.15, -0.1) is 0 Å². The maximum Gasteiger partial charge on any atom is 0.240 e. The van der Waals surface area contributed by atoms with E-state index in [0.717, 1.165) is 0 Å². The predicted octanol–water partition coefficient (Wildman–Crippen LogP) is 1.72. The minimum atomic E-state index is -1.26. The molecule has 3 rings (SSSR count). The minimum absolute atomic E-state index is 0.349. The molecule has 9 nitrogen and oxygen atoms in total. The third kappa shape index (κ3) is 3.86. The second kappa shape index (κ2) is 8.73. The Kier molecular flexibility index (Phi) is 6.10. The number of ether oxygens (including phenoxy) is 4. The number of anilines is 1. The summed E-state index contributed by atoms with van der Waals surface area (Å²) in [6.07, 6.45) is 0. The molecule has 1 aliphatic rings. The van der Waals surface area contributed by atoms with Crippen molar-refractivity contribution in [2.24, 2.45) is 5.92 Å². The van der Waals surface area contributed by atoms with Crippen LogP contribution < -0.4 is 29.6 Å². The van der Waals surface area contributed by atoms with Crippen LogP contribution in [0.4, 0.5) is 5.69 Å². The van der Waals surface area contributed by atoms with Gasteiger partial charge in [0.05, 0.1) is 40.0 Å². The molecule has 1 saturated heterocycles. The SMILES string of the molecule is COc1ccc(NC(=O)C2C(=O)NC(=O)C2c2ccc(OC)c(OC)c2)c(OC)c1. The summed E-state index contributed by atoms with van der Waals surface area (Å²) in [5.74, 6) is -2.39. The molecule has 2 aromatic rings. The highest BCUT2D eigenvalue weighted by molar-refractivity contribution is 6.19. The number of amides is 3. The Balaban J connectivity index is 1.92. The molecule has 0 radical (unpaired) electrons. The zero-order chi connectivity index (χ0) is 21.8. The zero-order valence-electron chi connectivity index (χ0n) is 17.0. The average molecular weight is 414 g/mol. The second-order valence-electron chi connectivity index (χ2n) is 6.48. The summed E-state index contributed by atoms with van der Waals surface area (Å²) in [6, 6.07) is 9.65. The highest BCUT2D eigenvalue weighted by Gasteiger charge is 2.47. The lowest BCUT2D eigenvalue weighted by atomic mass is 9.87. The van der Waals surface area contributed by atoms with Crippen molar-refractivity contribution in [2.45, 2.75) is 5.92 Å². The zero-order valence-corrected chi connectivity index (χ0v) is 17.0. The van der Waals surface area contributed by atoms with E-state index in [1.54, 1.807) is 36.4 Å². The van der Waals surface area contributed by atoms with Crippen LogP contribution in [-0.2, 0) is 14.4 Å². The Bertz CT molecular complexity index is 989. The van der Waals surface area contributed by atoms with Gasteiger partial charge in [-0.2, -0.15) is 0 Å². The number of nitrogens with one attached hydrogen (secondary N) is 2. The van der Waals surface area contributed by atoms with Gasteiger partial charge in [0.15, 0.2) is 11.5 Å². The molecule has 1 heterocycles. The smallest absolute Gasteiger partial charge is 0.240 e. The number of carbonyl (C=O) groups is 3. The van der Waals surface area contributed by atoms with Crippen molar-refractivity contribution in [1.29, 1.82) is 0 Å². The highest BCUT2D eigenvalue weighted by Crippen LogP contribution is 2.37. The number of hydrogen-bond donors (Lipinski definition) is 2. The van der Waals surface area contributed by atoms with Gasteiger partial charge >= 0.3 is 0 Å². The van der Waals surface area contributed by atoms with Gasteiger partial charge < -0.3 is 24.3 Å². The van der Waals surface area contributed by atoms with Gasteiger partial charge in [-0.1, -0.05) is 6.07 Å². The van der Waals surface area contributed by atoms with Gasteiger partial charge in [-0.3, -0.25) is 19.7 Å². The molecular weight excluding hydrogens is 392 g/mol. The highest BCUT2D eigenvalue weighted by atomic mass is 16.5. The Hall–Kier alpha value is -3.75. The fraction of sp³-hybridized carbons (Fsp3) is 0.286. The van der Waals surface area contributed by atoms with Crippen molar-refractivity contribution in [2.75, 3.05) is 33.8 Å². The fourth-order valence-electron chi connectivity index (χ4n) is 3.35. The Morgan fingerprint density at radius 2 is 1.53 bits per heavy atom. The standard InChI is InChI=1S/C21H22N2O7/c1-27-12-6-7-13(15(10-12)29-3)22-20(25)18-17(19(24)23-21(18)26)11-5-8-14(28-2)16(9-11)30-4/h5-10,17-18H,1-4H3,(H,22,25)(H,23,24,26). The summed E-state index contributed by atoms with van der Waals surface area (Å²) in [7, 11) is 5.90. The molecule has 1 fully saturated rings. The molecule has 158 valence electrons. The summed E-state index contributed by atoms with van der Waals surface area (Å²) >= 11 is 0. The van der Waals surface area contributed by atoms with E-state index in [9.17, 15) is 14.4 Å². The van der Waals surface area contributed by atoms with Crippen molar-refractivity contribution in [3.8, 4) is 23.0 Å². The second-order valence-corrected chi connectivity index (χ2v) is 6.48. The number of methoxy groups -OCH3 is 4. The molecular formula is C21H22N2O7. The van der Waals surface area contributed by atoms with Crippen LogP contribution in [0.15, 0.2) is 36.4 Å². The number of carbonyl (C=O) groups excluding carboxylic acids is 3. The number of benzene rings is 2. The van der Waals surface area contributed by atoms with E-state index in [2.05, 4.69) is 10.6 Å². The van der Waals surface area contributed by atoms with Crippen molar-refractivity contribution < 1.29 is 33.3 Å². The molecule has 2 unspecified atom stereocenters. The summed E-state index contributed by atoms with van der Waals surface area (Å²) < 4.78 is 20.9. The summed E-state index contributed by atoms with van der Waals surface area (Å²) in [5, 5.41) is 4.90. The first-order chi connectivity index (χ1) is 14.4. The van der Waals surface area contributed by atoms with Crippen LogP contribution >= 0.6 is 0 Å². The molecule has 2 atom stereocenters. The van der Waals surface area contributed by atoms with Gasteiger partial charge in [0.1, 0.15) is 17.4 Å². The molecule has 9 heteroatoms. The van der Waals surface area contributed by atoms with Crippen LogP contribution in [-0.4, -0.2) is 46.2 Å². The molecule has 0 spiro atoms. The van der Waals surface area contributed by atoms with Gasteiger partial charge in [-0.25, -0.2) is 0 Å². The van der Waals surface area contributed by atoms with Crippen molar-refractivity contribution in [3.05, 3.63) is 42.0 Å². The Labute approximate surface area is 173 Å². The van der Waals surface area contributed by atoms with E-state index in [1.807, 2.05) is 0 Å². The largest absolute Gasteiger partial charge is 0.497 e. The van der Waals surface area contributed by atoms with Gasteiger partial charge in [0.2, 0.25) is 17.7 Å². The molecule has 1 aliphatic heterocycles. The maximum atomic E-state index is 13.0. The van der Waals surface area contributed by atoms with E-state index in [4.69, 9.17) is 18.9 Å². The van der Waals surface area contributed by atoms with Gasteiger partial charge in [-0.05, 0) is 29.8 Å². The number of rotatable bonds is 7. The lowest BCUT2D eigenvalue weighted by Gasteiger charge is -2.18. The monoisotopic (exact) mass is 414 g/mol. The normalized spacial score (nSPS) is 17.9. The number of hydrogen-bond acceptors (Lipinski definition) is 7. The van der Waals surface area contributed by atoms with Crippen LogP contribution in [0.1, 0.15) is 11.5 Å². The lowest BCUT2D eigenvalue weighted by molar-refractivity contribution is -0.130. The van der Waals surface area contributed by atoms with E-state index >= 15 is 0 Å².